The molecule has 162 valence electrons. The summed E-state index contributed by atoms with van der Waals surface area (Å²) < 4.78 is 0. The first-order valence-corrected chi connectivity index (χ1v) is 12.3. The van der Waals surface area contributed by atoms with Gasteiger partial charge >= 0.3 is 0 Å². The second-order valence-electron chi connectivity index (χ2n) is 10.1. The van der Waals surface area contributed by atoms with Gasteiger partial charge in [0.2, 0.25) is 0 Å². The van der Waals surface area contributed by atoms with Gasteiger partial charge in [-0.1, -0.05) is 119 Å². The van der Waals surface area contributed by atoms with E-state index in [1.807, 2.05) is 0 Å². The summed E-state index contributed by atoms with van der Waals surface area (Å²) >= 11 is 0. The Kier molecular flexibility index (Phi) is 5.64. The minimum Gasteiger partial charge on any atom is -0.0654 e. The van der Waals surface area contributed by atoms with Crippen LogP contribution >= 0.6 is 0 Å². The fourth-order valence-electron chi connectivity index (χ4n) is 6.05. The predicted molar refractivity (Wildman–Crippen MR) is 140 cm³/mol. The van der Waals surface area contributed by atoms with E-state index in [9.17, 15) is 0 Å². The van der Waals surface area contributed by atoms with Gasteiger partial charge < -0.3 is 0 Å². The molecular weight excluding hydrogens is 384 g/mol. The Morgan fingerprint density at radius 3 is 2.31 bits per heavy atom. The summed E-state index contributed by atoms with van der Waals surface area (Å²) in [6, 6.07) is 18.3. The zero-order valence-corrected chi connectivity index (χ0v) is 19.7. The number of allylic oxidation sites excluding steroid dienone is 8. The maximum atomic E-state index is 2.50. The average molecular weight is 419 g/mol. The van der Waals surface area contributed by atoms with Crippen molar-refractivity contribution in [2.45, 2.75) is 58.3 Å². The molecule has 3 aromatic rings. The molecule has 0 amide bonds. The van der Waals surface area contributed by atoms with E-state index in [4.69, 9.17) is 0 Å². The lowest BCUT2D eigenvalue weighted by molar-refractivity contribution is 0.299. The van der Waals surface area contributed by atoms with Crippen molar-refractivity contribution in [3.05, 3.63) is 107 Å². The molecule has 0 heterocycles. The van der Waals surface area contributed by atoms with Crippen LogP contribution in [0.25, 0.3) is 21.5 Å². The van der Waals surface area contributed by atoms with Crippen molar-refractivity contribution in [1.82, 2.24) is 0 Å². The molecule has 6 rings (SSSR count). The lowest BCUT2D eigenvalue weighted by atomic mass is 9.64. The molecule has 0 N–H and O–H groups in total. The highest BCUT2D eigenvalue weighted by atomic mass is 14.4. The van der Waals surface area contributed by atoms with Crippen LogP contribution in [0, 0.1) is 5.92 Å². The molecule has 2 atom stereocenters. The van der Waals surface area contributed by atoms with Crippen molar-refractivity contribution >= 4 is 21.5 Å². The SMILES string of the molecule is C1=CC2=CC=CC2=C1.CCCCC1(C)CC(C)Cc2c1ccc1c2ccc2ccccc21. The molecule has 0 aromatic heterocycles. The van der Waals surface area contributed by atoms with E-state index in [0.717, 1.165) is 5.92 Å². The summed E-state index contributed by atoms with van der Waals surface area (Å²) in [5.41, 5.74) is 6.30. The van der Waals surface area contributed by atoms with Gasteiger partial charge in [0, 0.05) is 0 Å². The molecule has 0 heteroatoms. The van der Waals surface area contributed by atoms with E-state index < -0.39 is 0 Å². The van der Waals surface area contributed by atoms with Crippen LogP contribution in [-0.4, -0.2) is 0 Å². The van der Waals surface area contributed by atoms with E-state index in [2.05, 4.69) is 106 Å². The maximum absolute atomic E-state index is 2.50. The molecule has 0 fully saturated rings. The highest BCUT2D eigenvalue weighted by Gasteiger charge is 2.35. The van der Waals surface area contributed by atoms with Crippen molar-refractivity contribution in [2.75, 3.05) is 0 Å². The van der Waals surface area contributed by atoms with E-state index in [1.165, 1.54) is 64.8 Å². The topological polar surface area (TPSA) is 0 Å². The summed E-state index contributed by atoms with van der Waals surface area (Å²) in [6.07, 6.45) is 19.1. The van der Waals surface area contributed by atoms with Gasteiger partial charge in [0.15, 0.2) is 0 Å². The summed E-state index contributed by atoms with van der Waals surface area (Å²) in [5, 5.41) is 5.66. The Morgan fingerprint density at radius 1 is 0.844 bits per heavy atom. The molecule has 32 heavy (non-hydrogen) atoms. The molecule has 3 aliphatic carbocycles. The van der Waals surface area contributed by atoms with Crippen LogP contribution in [0.1, 0.15) is 57.6 Å². The van der Waals surface area contributed by atoms with Crippen LogP contribution in [-0.2, 0) is 11.8 Å². The van der Waals surface area contributed by atoms with E-state index in [1.54, 1.807) is 11.1 Å². The van der Waals surface area contributed by atoms with Gasteiger partial charge in [-0.05, 0) is 74.4 Å². The van der Waals surface area contributed by atoms with Gasteiger partial charge in [0.05, 0.1) is 0 Å². The number of rotatable bonds is 3. The molecule has 0 radical (unpaired) electrons. The molecular formula is C32H34. The van der Waals surface area contributed by atoms with Crippen molar-refractivity contribution in [1.29, 1.82) is 0 Å². The van der Waals surface area contributed by atoms with E-state index in [0.29, 0.717) is 5.41 Å². The van der Waals surface area contributed by atoms with Crippen LogP contribution < -0.4 is 0 Å². The number of benzene rings is 3. The number of hydrogen-bond acceptors (Lipinski definition) is 0. The molecule has 0 saturated carbocycles. The largest absolute Gasteiger partial charge is 0.0654 e. The van der Waals surface area contributed by atoms with Crippen molar-refractivity contribution in [3.8, 4) is 0 Å². The molecule has 2 unspecified atom stereocenters. The zero-order chi connectivity index (χ0) is 22.1. The van der Waals surface area contributed by atoms with Gasteiger partial charge in [-0.2, -0.15) is 0 Å². The minimum atomic E-state index is 0.350. The molecule has 3 aromatic carbocycles. The van der Waals surface area contributed by atoms with Crippen LogP contribution in [0.2, 0.25) is 0 Å². The predicted octanol–water partition coefficient (Wildman–Crippen LogP) is 9.00. The summed E-state index contributed by atoms with van der Waals surface area (Å²) in [4.78, 5) is 0. The molecule has 0 spiro atoms. The highest BCUT2D eigenvalue weighted by molar-refractivity contribution is 6.08. The number of hydrogen-bond donors (Lipinski definition) is 0. The summed E-state index contributed by atoms with van der Waals surface area (Å²) in [5.74, 6) is 0.774. The van der Waals surface area contributed by atoms with Crippen molar-refractivity contribution < 1.29 is 0 Å². The normalized spacial score (nSPS) is 22.9. The van der Waals surface area contributed by atoms with E-state index in [-0.39, 0.29) is 0 Å². The fourth-order valence-corrected chi connectivity index (χ4v) is 6.05. The number of unbranched alkanes of at least 4 members (excludes halogenated alkanes) is 1. The Morgan fingerprint density at radius 2 is 1.56 bits per heavy atom. The maximum Gasteiger partial charge on any atom is -0.00697 e. The van der Waals surface area contributed by atoms with Gasteiger partial charge in [0.1, 0.15) is 0 Å². The first-order valence-electron chi connectivity index (χ1n) is 12.3. The lowest BCUT2D eigenvalue weighted by Gasteiger charge is -2.40. The smallest absolute Gasteiger partial charge is 0.00697 e. The second-order valence-corrected chi connectivity index (χ2v) is 10.1. The van der Waals surface area contributed by atoms with Gasteiger partial charge in [-0.15, -0.1) is 0 Å². The first kappa shape index (κ1) is 21.0. The Balaban J connectivity index is 0.000000225. The Hall–Kier alpha value is -2.86. The van der Waals surface area contributed by atoms with Crippen LogP contribution in [0.3, 0.4) is 0 Å². The quantitative estimate of drug-likeness (QED) is 0.372. The zero-order valence-electron chi connectivity index (χ0n) is 19.7. The third kappa shape index (κ3) is 3.77. The lowest BCUT2D eigenvalue weighted by Crippen LogP contribution is -2.31. The molecule has 0 bridgehead atoms. The Labute approximate surface area is 193 Å². The molecule has 3 aliphatic rings. The molecule has 0 nitrogen and oxygen atoms in total. The van der Waals surface area contributed by atoms with Crippen molar-refractivity contribution in [3.63, 3.8) is 0 Å². The van der Waals surface area contributed by atoms with Gasteiger partial charge in [-0.3, -0.25) is 0 Å². The minimum absolute atomic E-state index is 0.350. The number of fused-ring (bicyclic) bond motifs is 6. The van der Waals surface area contributed by atoms with Crippen LogP contribution in [0.15, 0.2) is 96.1 Å². The van der Waals surface area contributed by atoms with Crippen LogP contribution in [0.4, 0.5) is 0 Å². The van der Waals surface area contributed by atoms with E-state index >= 15 is 0 Å². The third-order valence-corrected chi connectivity index (χ3v) is 7.56. The van der Waals surface area contributed by atoms with Gasteiger partial charge in [-0.25, -0.2) is 0 Å². The fraction of sp³-hybridized carbons (Fsp3) is 0.312. The second kappa shape index (κ2) is 8.58. The highest BCUT2D eigenvalue weighted by Crippen LogP contribution is 2.46. The monoisotopic (exact) mass is 418 g/mol. The standard InChI is InChI=1S/C24H28.C8H6/c1-4-5-14-24(3)16-17(2)15-22-21-11-10-18-8-6-7-9-19(18)20(21)12-13-23(22)24;1-3-7-5-2-6-8(7)4-1/h6-13,17H,4-5,14-16H2,1-3H3;1-6H. The molecule has 0 aliphatic heterocycles. The van der Waals surface area contributed by atoms with Crippen molar-refractivity contribution in [2.24, 2.45) is 5.92 Å². The average Bonchev–Trinajstić information content (AvgIpc) is 3.43. The summed E-state index contributed by atoms with van der Waals surface area (Å²) in [6.45, 7) is 7.25. The van der Waals surface area contributed by atoms with Gasteiger partial charge in [0.25, 0.3) is 0 Å². The van der Waals surface area contributed by atoms with Crippen LogP contribution in [0.5, 0.6) is 0 Å². The first-order chi connectivity index (χ1) is 15.6. The summed E-state index contributed by atoms with van der Waals surface area (Å²) in [7, 11) is 0. The third-order valence-electron chi connectivity index (χ3n) is 7.56. The molecule has 0 saturated heterocycles. The Bertz CT molecular complexity index is 1250.